The number of halogens is 1. The number of thiocarbonyl (C=S) groups is 1. The van der Waals surface area contributed by atoms with Crippen LogP contribution >= 0.6 is 23.8 Å². The molecule has 0 aliphatic rings. The largest absolute Gasteiger partial charge is 0.389 e. The van der Waals surface area contributed by atoms with Gasteiger partial charge in [0, 0.05) is 35.4 Å². The SMILES string of the molecule is CC(C)N(C)CCNc1cc(Cl)ccc1C(N)=S. The van der Waals surface area contributed by atoms with Gasteiger partial charge in [0.15, 0.2) is 0 Å². The molecule has 0 atom stereocenters. The Morgan fingerprint density at radius 1 is 1.50 bits per heavy atom. The maximum Gasteiger partial charge on any atom is 0.106 e. The first-order chi connectivity index (χ1) is 8.41. The predicted octanol–water partition coefficient (Wildman–Crippen LogP) is 2.73. The molecule has 0 saturated heterocycles. The second-order valence-electron chi connectivity index (χ2n) is 4.56. The topological polar surface area (TPSA) is 41.3 Å². The first-order valence-electron chi connectivity index (χ1n) is 5.95. The molecule has 3 N–H and O–H groups in total. The first-order valence-corrected chi connectivity index (χ1v) is 6.74. The summed E-state index contributed by atoms with van der Waals surface area (Å²) in [4.78, 5) is 2.64. The van der Waals surface area contributed by atoms with Gasteiger partial charge < -0.3 is 16.0 Å². The van der Waals surface area contributed by atoms with Crippen molar-refractivity contribution in [3.05, 3.63) is 28.8 Å². The van der Waals surface area contributed by atoms with Crippen LogP contribution in [0.5, 0.6) is 0 Å². The Labute approximate surface area is 119 Å². The van der Waals surface area contributed by atoms with Gasteiger partial charge in [0.2, 0.25) is 0 Å². The summed E-state index contributed by atoms with van der Waals surface area (Å²) in [6, 6.07) is 6.02. The molecular formula is C13H20ClN3S. The van der Waals surface area contributed by atoms with Gasteiger partial charge in [-0.2, -0.15) is 0 Å². The van der Waals surface area contributed by atoms with Gasteiger partial charge in [-0.15, -0.1) is 0 Å². The van der Waals surface area contributed by atoms with Crippen molar-refractivity contribution in [2.75, 3.05) is 25.5 Å². The number of hydrogen-bond acceptors (Lipinski definition) is 3. The van der Waals surface area contributed by atoms with E-state index in [-0.39, 0.29) is 0 Å². The van der Waals surface area contributed by atoms with Gasteiger partial charge in [-0.3, -0.25) is 0 Å². The van der Waals surface area contributed by atoms with Crippen molar-refractivity contribution in [3.8, 4) is 0 Å². The van der Waals surface area contributed by atoms with Gasteiger partial charge in [-0.25, -0.2) is 0 Å². The zero-order valence-corrected chi connectivity index (χ0v) is 12.6. The molecule has 3 nitrogen and oxygen atoms in total. The molecule has 100 valence electrons. The summed E-state index contributed by atoms with van der Waals surface area (Å²) in [5, 5.41) is 4.00. The summed E-state index contributed by atoms with van der Waals surface area (Å²) >= 11 is 11.0. The highest BCUT2D eigenvalue weighted by molar-refractivity contribution is 7.80. The second-order valence-corrected chi connectivity index (χ2v) is 5.43. The van der Waals surface area contributed by atoms with Crippen LogP contribution in [0.15, 0.2) is 18.2 Å². The molecule has 0 unspecified atom stereocenters. The third kappa shape index (κ3) is 4.44. The third-order valence-corrected chi connectivity index (χ3v) is 3.36. The molecule has 0 aromatic heterocycles. The lowest BCUT2D eigenvalue weighted by atomic mass is 10.1. The Balaban J connectivity index is 2.66. The van der Waals surface area contributed by atoms with E-state index in [0.717, 1.165) is 24.3 Å². The number of likely N-dealkylation sites (N-methyl/N-ethyl adjacent to an activating group) is 1. The smallest absolute Gasteiger partial charge is 0.106 e. The van der Waals surface area contributed by atoms with Gasteiger partial charge in [0.1, 0.15) is 4.99 Å². The molecule has 1 aromatic carbocycles. The predicted molar refractivity (Wildman–Crippen MR) is 83.6 cm³/mol. The number of nitrogens with zero attached hydrogens (tertiary/aromatic N) is 1. The fourth-order valence-corrected chi connectivity index (χ4v) is 1.85. The van der Waals surface area contributed by atoms with Gasteiger partial charge in [0.25, 0.3) is 0 Å². The quantitative estimate of drug-likeness (QED) is 0.789. The summed E-state index contributed by atoms with van der Waals surface area (Å²) in [5.41, 5.74) is 7.41. The highest BCUT2D eigenvalue weighted by Crippen LogP contribution is 2.20. The molecular weight excluding hydrogens is 266 g/mol. The van der Waals surface area contributed by atoms with E-state index in [2.05, 4.69) is 31.1 Å². The zero-order valence-electron chi connectivity index (χ0n) is 11.0. The molecule has 0 saturated carbocycles. The molecule has 0 amide bonds. The Morgan fingerprint density at radius 3 is 2.72 bits per heavy atom. The average Bonchev–Trinajstić information content (AvgIpc) is 2.28. The van der Waals surface area contributed by atoms with Crippen molar-refractivity contribution >= 4 is 34.5 Å². The molecule has 0 spiro atoms. The molecule has 5 heteroatoms. The van der Waals surface area contributed by atoms with E-state index < -0.39 is 0 Å². The summed E-state index contributed by atoms with van der Waals surface area (Å²) in [6.07, 6.45) is 0. The van der Waals surface area contributed by atoms with Crippen LogP contribution in [0.3, 0.4) is 0 Å². The molecule has 0 bridgehead atoms. The van der Waals surface area contributed by atoms with E-state index in [1.54, 1.807) is 6.07 Å². The summed E-state index contributed by atoms with van der Waals surface area (Å²) in [5.74, 6) is 0. The number of rotatable bonds is 6. The van der Waals surface area contributed by atoms with E-state index >= 15 is 0 Å². The van der Waals surface area contributed by atoms with Crippen molar-refractivity contribution in [1.82, 2.24) is 4.90 Å². The summed E-state index contributed by atoms with van der Waals surface area (Å²) in [6.45, 7) is 6.10. The van der Waals surface area contributed by atoms with Crippen molar-refractivity contribution < 1.29 is 0 Å². The number of benzene rings is 1. The van der Waals surface area contributed by atoms with E-state index in [1.165, 1.54) is 0 Å². The number of nitrogens with one attached hydrogen (secondary N) is 1. The molecule has 0 fully saturated rings. The second kappa shape index (κ2) is 6.92. The standard InChI is InChI=1S/C13H20ClN3S/c1-9(2)17(3)7-6-16-12-8-10(14)4-5-11(12)13(15)18/h4-5,8-9,16H,6-7H2,1-3H3,(H2,15,18). The van der Waals surface area contributed by atoms with Gasteiger partial charge in [-0.05, 0) is 39.1 Å². The van der Waals surface area contributed by atoms with Crippen LogP contribution in [0.1, 0.15) is 19.4 Å². The maximum absolute atomic E-state index is 5.98. The molecule has 18 heavy (non-hydrogen) atoms. The number of anilines is 1. The minimum atomic E-state index is 0.381. The average molecular weight is 286 g/mol. The van der Waals surface area contributed by atoms with Gasteiger partial charge >= 0.3 is 0 Å². The first kappa shape index (κ1) is 15.2. The van der Waals surface area contributed by atoms with E-state index in [0.29, 0.717) is 16.1 Å². The Bertz CT molecular complexity index is 421. The van der Waals surface area contributed by atoms with Crippen LogP contribution in [0.2, 0.25) is 5.02 Å². The highest BCUT2D eigenvalue weighted by atomic mass is 35.5. The number of hydrogen-bond donors (Lipinski definition) is 2. The van der Waals surface area contributed by atoms with E-state index in [4.69, 9.17) is 29.6 Å². The maximum atomic E-state index is 5.98. The van der Waals surface area contributed by atoms with Crippen LogP contribution in [0.4, 0.5) is 5.69 Å². The summed E-state index contributed by atoms with van der Waals surface area (Å²) < 4.78 is 0. The van der Waals surface area contributed by atoms with Crippen LogP contribution < -0.4 is 11.1 Å². The van der Waals surface area contributed by atoms with Gasteiger partial charge in [0.05, 0.1) is 0 Å². The lowest BCUT2D eigenvalue weighted by Gasteiger charge is -2.21. The van der Waals surface area contributed by atoms with Crippen LogP contribution in [0, 0.1) is 0 Å². The Morgan fingerprint density at radius 2 is 2.17 bits per heavy atom. The summed E-state index contributed by atoms with van der Waals surface area (Å²) in [7, 11) is 2.10. The van der Waals surface area contributed by atoms with E-state index in [9.17, 15) is 0 Å². The fourth-order valence-electron chi connectivity index (χ4n) is 1.50. The van der Waals surface area contributed by atoms with Crippen molar-refractivity contribution in [2.45, 2.75) is 19.9 Å². The molecule has 0 aliphatic carbocycles. The lowest BCUT2D eigenvalue weighted by Crippen LogP contribution is -2.31. The Kier molecular flexibility index (Phi) is 5.85. The highest BCUT2D eigenvalue weighted by Gasteiger charge is 2.07. The zero-order chi connectivity index (χ0) is 13.7. The number of nitrogens with two attached hydrogens (primary N) is 1. The van der Waals surface area contributed by atoms with Crippen LogP contribution in [-0.4, -0.2) is 36.1 Å². The van der Waals surface area contributed by atoms with Crippen LogP contribution in [0.25, 0.3) is 0 Å². The van der Waals surface area contributed by atoms with Crippen LogP contribution in [-0.2, 0) is 0 Å². The lowest BCUT2D eigenvalue weighted by molar-refractivity contribution is 0.284. The molecule has 0 heterocycles. The molecule has 1 rings (SSSR count). The molecule has 1 aromatic rings. The minimum absolute atomic E-state index is 0.381. The van der Waals surface area contributed by atoms with Crippen molar-refractivity contribution in [1.29, 1.82) is 0 Å². The normalized spacial score (nSPS) is 11.0. The fraction of sp³-hybridized carbons (Fsp3) is 0.462. The van der Waals surface area contributed by atoms with Crippen molar-refractivity contribution in [3.63, 3.8) is 0 Å². The van der Waals surface area contributed by atoms with Gasteiger partial charge in [-0.1, -0.05) is 23.8 Å². The molecule has 0 radical (unpaired) electrons. The van der Waals surface area contributed by atoms with E-state index in [1.807, 2.05) is 12.1 Å². The molecule has 0 aliphatic heterocycles. The Hall–Kier alpha value is -0.840. The van der Waals surface area contributed by atoms with Crippen molar-refractivity contribution in [2.24, 2.45) is 5.73 Å². The minimum Gasteiger partial charge on any atom is -0.389 e. The monoisotopic (exact) mass is 285 g/mol. The third-order valence-electron chi connectivity index (χ3n) is 2.91.